The summed E-state index contributed by atoms with van der Waals surface area (Å²) in [5, 5.41) is 3.69. The van der Waals surface area contributed by atoms with Crippen molar-refractivity contribution in [2.45, 2.75) is 0 Å². The number of nitrogens with zero attached hydrogens (tertiary/aromatic N) is 2. The molecular weight excluding hydrogens is 258 g/mol. The molecule has 0 radical (unpaired) electrons. The number of esters is 1. The molecule has 0 N–H and O–H groups in total. The third-order valence-electron chi connectivity index (χ3n) is 2.30. The Hall–Kier alpha value is -2.57. The highest BCUT2D eigenvalue weighted by Crippen LogP contribution is 2.11. The number of halogens is 2. The molecule has 5 nitrogen and oxygen atoms in total. The van der Waals surface area contributed by atoms with Crippen LogP contribution in [0.15, 0.2) is 35.3 Å². The van der Waals surface area contributed by atoms with Gasteiger partial charge >= 0.3 is 5.97 Å². The molecule has 2 rings (SSSR count). The smallest absolute Gasteiger partial charge is 0.362 e. The Bertz CT molecular complexity index is 677. The molecule has 0 atom stereocenters. The highest BCUT2D eigenvalue weighted by atomic mass is 19.1. The number of methoxy groups -OCH3 is 1. The molecule has 1 aromatic heterocycles. The van der Waals surface area contributed by atoms with Crippen LogP contribution >= 0.6 is 0 Å². The Balaban J connectivity index is 2.57. The number of carbonyl (C=O) groups excluding carboxylic acids is 1. The van der Waals surface area contributed by atoms with Gasteiger partial charge in [-0.05, 0) is 12.1 Å². The second-order valence-electron chi connectivity index (χ2n) is 3.59. The van der Waals surface area contributed by atoms with Crippen LogP contribution in [-0.2, 0) is 4.74 Å². The SMILES string of the molecule is COC(=O)c1nn(-c2cc(F)cc(F)c2)ccc1=O. The first kappa shape index (κ1) is 12.9. The van der Waals surface area contributed by atoms with Gasteiger partial charge < -0.3 is 4.74 Å². The van der Waals surface area contributed by atoms with Crippen LogP contribution in [0.1, 0.15) is 10.5 Å². The quantitative estimate of drug-likeness (QED) is 0.769. The molecule has 0 aliphatic carbocycles. The molecule has 0 bridgehead atoms. The van der Waals surface area contributed by atoms with E-state index in [4.69, 9.17) is 0 Å². The number of hydrogen-bond acceptors (Lipinski definition) is 4. The molecule has 2 aromatic rings. The van der Waals surface area contributed by atoms with E-state index in [1.165, 1.54) is 6.20 Å². The van der Waals surface area contributed by atoms with Crippen LogP contribution in [0.4, 0.5) is 8.78 Å². The molecule has 0 fully saturated rings. The van der Waals surface area contributed by atoms with Crippen molar-refractivity contribution in [3.05, 3.63) is 58.0 Å². The lowest BCUT2D eigenvalue weighted by molar-refractivity contribution is 0.0590. The van der Waals surface area contributed by atoms with Gasteiger partial charge in [-0.2, -0.15) is 5.10 Å². The molecule has 0 spiro atoms. The standard InChI is InChI=1S/C12H8F2N2O3/c1-19-12(18)11-10(17)2-3-16(15-11)9-5-7(13)4-8(14)6-9/h2-6H,1H3. The molecule has 0 aliphatic heterocycles. The number of hydrogen-bond donors (Lipinski definition) is 0. The van der Waals surface area contributed by atoms with E-state index < -0.39 is 28.7 Å². The lowest BCUT2D eigenvalue weighted by Gasteiger charge is -2.06. The second kappa shape index (κ2) is 4.97. The first-order chi connectivity index (χ1) is 9.01. The van der Waals surface area contributed by atoms with Crippen LogP contribution in [-0.4, -0.2) is 22.9 Å². The first-order valence-corrected chi connectivity index (χ1v) is 5.16. The molecule has 98 valence electrons. The van der Waals surface area contributed by atoms with Crippen LogP contribution in [0.2, 0.25) is 0 Å². The van der Waals surface area contributed by atoms with E-state index >= 15 is 0 Å². The lowest BCUT2D eigenvalue weighted by Crippen LogP contribution is -2.21. The van der Waals surface area contributed by atoms with Gasteiger partial charge in [0, 0.05) is 18.3 Å². The van der Waals surface area contributed by atoms with E-state index in [0.29, 0.717) is 6.07 Å². The van der Waals surface area contributed by atoms with Gasteiger partial charge in [-0.1, -0.05) is 0 Å². The van der Waals surface area contributed by atoms with Crippen LogP contribution in [0.5, 0.6) is 0 Å². The summed E-state index contributed by atoms with van der Waals surface area (Å²) in [6.07, 6.45) is 1.20. The summed E-state index contributed by atoms with van der Waals surface area (Å²) >= 11 is 0. The van der Waals surface area contributed by atoms with Gasteiger partial charge in [0.1, 0.15) is 11.6 Å². The van der Waals surface area contributed by atoms with Crippen molar-refractivity contribution in [1.82, 2.24) is 9.78 Å². The fraction of sp³-hybridized carbons (Fsp3) is 0.0833. The van der Waals surface area contributed by atoms with E-state index in [2.05, 4.69) is 9.84 Å². The molecule has 0 aliphatic rings. The zero-order valence-corrected chi connectivity index (χ0v) is 9.76. The van der Waals surface area contributed by atoms with Crippen molar-refractivity contribution < 1.29 is 18.3 Å². The minimum absolute atomic E-state index is 0.0441. The normalized spacial score (nSPS) is 10.3. The summed E-state index contributed by atoms with van der Waals surface area (Å²) < 4.78 is 31.6. The van der Waals surface area contributed by atoms with Gasteiger partial charge in [0.05, 0.1) is 12.8 Å². The molecule has 0 amide bonds. The largest absolute Gasteiger partial charge is 0.464 e. The molecule has 7 heteroatoms. The molecule has 19 heavy (non-hydrogen) atoms. The van der Waals surface area contributed by atoms with E-state index in [0.717, 1.165) is 30.0 Å². The van der Waals surface area contributed by atoms with Crippen molar-refractivity contribution >= 4 is 5.97 Å². The average molecular weight is 266 g/mol. The van der Waals surface area contributed by atoms with Crippen LogP contribution in [0.3, 0.4) is 0 Å². The Morgan fingerprint density at radius 1 is 1.26 bits per heavy atom. The lowest BCUT2D eigenvalue weighted by atomic mass is 10.3. The highest BCUT2D eigenvalue weighted by Gasteiger charge is 2.13. The van der Waals surface area contributed by atoms with Crippen LogP contribution < -0.4 is 5.43 Å². The summed E-state index contributed by atoms with van der Waals surface area (Å²) in [5.74, 6) is -2.51. The van der Waals surface area contributed by atoms with E-state index in [1.807, 2.05) is 0 Å². The van der Waals surface area contributed by atoms with Crippen molar-refractivity contribution in [3.8, 4) is 5.69 Å². The maximum Gasteiger partial charge on any atom is 0.362 e. The fourth-order valence-electron chi connectivity index (χ4n) is 1.46. The summed E-state index contributed by atoms with van der Waals surface area (Å²) in [5.41, 5.74) is -1.06. The summed E-state index contributed by atoms with van der Waals surface area (Å²) in [7, 11) is 1.10. The monoisotopic (exact) mass is 266 g/mol. The Kier molecular flexibility index (Phi) is 3.37. The van der Waals surface area contributed by atoms with Crippen molar-refractivity contribution in [2.75, 3.05) is 7.11 Å². The van der Waals surface area contributed by atoms with E-state index in [1.54, 1.807) is 0 Å². The number of rotatable bonds is 2. The van der Waals surface area contributed by atoms with Crippen molar-refractivity contribution in [1.29, 1.82) is 0 Å². The number of aromatic nitrogens is 2. The second-order valence-corrected chi connectivity index (χ2v) is 3.59. The minimum Gasteiger partial charge on any atom is -0.464 e. The zero-order valence-electron chi connectivity index (χ0n) is 9.76. The van der Waals surface area contributed by atoms with Gasteiger partial charge in [0.25, 0.3) is 0 Å². The summed E-state index contributed by atoms with van der Waals surface area (Å²) in [6, 6.07) is 3.79. The highest BCUT2D eigenvalue weighted by molar-refractivity contribution is 5.86. The summed E-state index contributed by atoms with van der Waals surface area (Å²) in [6.45, 7) is 0. The molecule has 0 saturated heterocycles. The Labute approximate surface area is 106 Å². The third kappa shape index (κ3) is 2.65. The Morgan fingerprint density at radius 2 is 1.89 bits per heavy atom. The van der Waals surface area contributed by atoms with Gasteiger partial charge in [0.15, 0.2) is 0 Å². The third-order valence-corrected chi connectivity index (χ3v) is 2.30. The summed E-state index contributed by atoms with van der Waals surface area (Å²) in [4.78, 5) is 22.7. The maximum absolute atomic E-state index is 13.1. The van der Waals surface area contributed by atoms with Gasteiger partial charge in [0.2, 0.25) is 11.1 Å². The van der Waals surface area contributed by atoms with Crippen molar-refractivity contribution in [2.24, 2.45) is 0 Å². The molecule has 1 aromatic carbocycles. The van der Waals surface area contributed by atoms with E-state index in [-0.39, 0.29) is 5.69 Å². The van der Waals surface area contributed by atoms with Gasteiger partial charge in [-0.25, -0.2) is 18.3 Å². The predicted octanol–water partition coefficient (Wildman–Crippen LogP) is 1.30. The number of carbonyl (C=O) groups is 1. The average Bonchev–Trinajstić information content (AvgIpc) is 2.37. The van der Waals surface area contributed by atoms with Gasteiger partial charge in [-0.3, -0.25) is 4.79 Å². The molecule has 0 unspecified atom stereocenters. The van der Waals surface area contributed by atoms with Crippen LogP contribution in [0.25, 0.3) is 5.69 Å². The van der Waals surface area contributed by atoms with E-state index in [9.17, 15) is 18.4 Å². The molecular formula is C12H8F2N2O3. The molecule has 0 saturated carbocycles. The first-order valence-electron chi connectivity index (χ1n) is 5.16. The zero-order chi connectivity index (χ0) is 14.0. The number of benzene rings is 1. The van der Waals surface area contributed by atoms with Crippen molar-refractivity contribution in [3.63, 3.8) is 0 Å². The topological polar surface area (TPSA) is 61.2 Å². The van der Waals surface area contributed by atoms with Crippen LogP contribution in [0, 0.1) is 11.6 Å². The maximum atomic E-state index is 13.1. The molecule has 1 heterocycles. The Morgan fingerprint density at radius 3 is 2.47 bits per heavy atom. The van der Waals surface area contributed by atoms with Gasteiger partial charge in [-0.15, -0.1) is 0 Å². The fourth-order valence-corrected chi connectivity index (χ4v) is 1.46. The predicted molar refractivity (Wildman–Crippen MR) is 61.1 cm³/mol. The number of ether oxygens (including phenoxy) is 1. The minimum atomic E-state index is -0.920.